The molecule has 1 aromatic carbocycles. The molecule has 1 aliphatic rings. The van der Waals surface area contributed by atoms with Crippen molar-refractivity contribution < 1.29 is 13.2 Å². The summed E-state index contributed by atoms with van der Waals surface area (Å²) in [6, 6.07) is 8.22. The molecule has 0 saturated carbocycles. The number of carbonyl (C=O) groups is 1. The maximum Gasteiger partial charge on any atom is 0.223 e. The van der Waals surface area contributed by atoms with Crippen LogP contribution in [0.1, 0.15) is 24.0 Å². The number of sulfonamides is 1. The summed E-state index contributed by atoms with van der Waals surface area (Å²) < 4.78 is 24.4. The Morgan fingerprint density at radius 2 is 1.71 bits per heavy atom. The van der Waals surface area contributed by atoms with Crippen LogP contribution in [0.15, 0.2) is 24.3 Å². The van der Waals surface area contributed by atoms with E-state index in [1.165, 1.54) is 16.1 Å². The van der Waals surface area contributed by atoms with Crippen molar-refractivity contribution in [3.05, 3.63) is 35.4 Å². The van der Waals surface area contributed by atoms with Gasteiger partial charge in [0, 0.05) is 32.1 Å². The van der Waals surface area contributed by atoms with Gasteiger partial charge in [0.15, 0.2) is 0 Å². The number of nitrogens with one attached hydrogen (secondary N) is 1. The van der Waals surface area contributed by atoms with Crippen molar-refractivity contribution in [3.63, 3.8) is 0 Å². The number of hydrogen-bond donors (Lipinski definition) is 1. The lowest BCUT2D eigenvalue weighted by Crippen LogP contribution is -2.42. The van der Waals surface area contributed by atoms with Crippen LogP contribution in [-0.4, -0.2) is 57.0 Å². The number of hydrogen-bond acceptors (Lipinski definition) is 4. The summed E-state index contributed by atoms with van der Waals surface area (Å²) in [7, 11) is 0.917. The SMILES string of the molecule is CN(C)Cc1ccc(CNC(=O)C2CCN(S(C)(=O)=O)CC2)cc1. The van der Waals surface area contributed by atoms with Gasteiger partial charge in [-0.05, 0) is 38.1 Å². The molecule has 6 nitrogen and oxygen atoms in total. The second kappa shape index (κ2) is 8.09. The van der Waals surface area contributed by atoms with Gasteiger partial charge in [-0.1, -0.05) is 24.3 Å². The largest absolute Gasteiger partial charge is 0.352 e. The van der Waals surface area contributed by atoms with Crippen molar-refractivity contribution in [2.24, 2.45) is 5.92 Å². The molecule has 0 aromatic heterocycles. The van der Waals surface area contributed by atoms with Crippen LogP contribution in [0, 0.1) is 5.92 Å². The van der Waals surface area contributed by atoms with E-state index < -0.39 is 10.0 Å². The topological polar surface area (TPSA) is 69.7 Å². The summed E-state index contributed by atoms with van der Waals surface area (Å²) >= 11 is 0. The van der Waals surface area contributed by atoms with Crippen LogP contribution in [0.5, 0.6) is 0 Å². The van der Waals surface area contributed by atoms with Crippen molar-refractivity contribution in [3.8, 4) is 0 Å². The molecule has 0 radical (unpaired) electrons. The molecule has 0 bridgehead atoms. The Kier molecular flexibility index (Phi) is 6.37. The molecule has 2 rings (SSSR count). The maximum absolute atomic E-state index is 12.3. The highest BCUT2D eigenvalue weighted by molar-refractivity contribution is 7.88. The van der Waals surface area contributed by atoms with Gasteiger partial charge in [-0.3, -0.25) is 4.79 Å². The Bertz CT molecular complexity index is 648. The van der Waals surface area contributed by atoms with Gasteiger partial charge < -0.3 is 10.2 Å². The zero-order valence-corrected chi connectivity index (χ0v) is 15.5. The maximum atomic E-state index is 12.3. The minimum Gasteiger partial charge on any atom is -0.352 e. The van der Waals surface area contributed by atoms with Gasteiger partial charge in [0.2, 0.25) is 15.9 Å². The lowest BCUT2D eigenvalue weighted by atomic mass is 9.97. The monoisotopic (exact) mass is 353 g/mol. The number of carbonyl (C=O) groups excluding carboxylic acids is 1. The van der Waals surface area contributed by atoms with Gasteiger partial charge in [-0.25, -0.2) is 12.7 Å². The van der Waals surface area contributed by atoms with Gasteiger partial charge in [0.25, 0.3) is 0 Å². The highest BCUT2D eigenvalue weighted by atomic mass is 32.2. The lowest BCUT2D eigenvalue weighted by molar-refractivity contribution is -0.126. The van der Waals surface area contributed by atoms with Crippen molar-refractivity contribution in [1.29, 1.82) is 0 Å². The highest BCUT2D eigenvalue weighted by Gasteiger charge is 2.28. The van der Waals surface area contributed by atoms with Crippen LogP contribution < -0.4 is 5.32 Å². The summed E-state index contributed by atoms with van der Waals surface area (Å²) in [5.41, 5.74) is 2.31. The average molecular weight is 353 g/mol. The molecule has 0 atom stereocenters. The van der Waals surface area contributed by atoms with E-state index >= 15 is 0 Å². The zero-order valence-electron chi connectivity index (χ0n) is 14.7. The Hall–Kier alpha value is -1.44. The molecule has 24 heavy (non-hydrogen) atoms. The number of rotatable bonds is 6. The third-order valence-corrected chi connectivity index (χ3v) is 5.59. The molecule has 0 aliphatic carbocycles. The molecule has 1 aromatic rings. The predicted octanol–water partition coefficient (Wildman–Crippen LogP) is 1.04. The number of amides is 1. The summed E-state index contributed by atoms with van der Waals surface area (Å²) in [5, 5.41) is 2.97. The molecule has 1 fully saturated rings. The molecule has 1 N–H and O–H groups in total. The summed E-state index contributed by atoms with van der Waals surface area (Å²) in [6.45, 7) is 2.26. The van der Waals surface area contributed by atoms with Crippen LogP contribution in [-0.2, 0) is 27.9 Å². The van der Waals surface area contributed by atoms with Crippen LogP contribution in [0.4, 0.5) is 0 Å². The Morgan fingerprint density at radius 3 is 2.21 bits per heavy atom. The lowest BCUT2D eigenvalue weighted by Gasteiger charge is -2.29. The molecule has 1 saturated heterocycles. The van der Waals surface area contributed by atoms with Crippen LogP contribution >= 0.6 is 0 Å². The standard InChI is InChI=1S/C17H27N3O3S/c1-19(2)13-15-6-4-14(5-7-15)12-18-17(21)16-8-10-20(11-9-16)24(3,22)23/h4-7,16H,8-13H2,1-3H3,(H,18,21). The van der Waals surface area contributed by atoms with Gasteiger partial charge in [0.05, 0.1) is 6.26 Å². The van der Waals surface area contributed by atoms with E-state index in [1.807, 2.05) is 26.2 Å². The third-order valence-electron chi connectivity index (χ3n) is 4.28. The fourth-order valence-corrected chi connectivity index (χ4v) is 3.78. The smallest absolute Gasteiger partial charge is 0.223 e. The fourth-order valence-electron chi connectivity index (χ4n) is 2.91. The van der Waals surface area contributed by atoms with Crippen LogP contribution in [0.25, 0.3) is 0 Å². The molecular weight excluding hydrogens is 326 g/mol. The average Bonchev–Trinajstić information content (AvgIpc) is 2.52. The Morgan fingerprint density at radius 1 is 1.17 bits per heavy atom. The molecule has 0 unspecified atom stereocenters. The van der Waals surface area contributed by atoms with E-state index in [2.05, 4.69) is 22.3 Å². The van der Waals surface area contributed by atoms with Gasteiger partial charge >= 0.3 is 0 Å². The van der Waals surface area contributed by atoms with Gasteiger partial charge in [-0.2, -0.15) is 0 Å². The quantitative estimate of drug-likeness (QED) is 0.829. The summed E-state index contributed by atoms with van der Waals surface area (Å²) in [6.07, 6.45) is 2.38. The molecule has 134 valence electrons. The zero-order chi connectivity index (χ0) is 17.7. The van der Waals surface area contributed by atoms with Crippen LogP contribution in [0.3, 0.4) is 0 Å². The predicted molar refractivity (Wildman–Crippen MR) is 94.8 cm³/mol. The normalized spacial score (nSPS) is 17.2. The second-order valence-electron chi connectivity index (χ2n) is 6.71. The van der Waals surface area contributed by atoms with E-state index in [1.54, 1.807) is 0 Å². The van der Waals surface area contributed by atoms with Crippen molar-refractivity contribution in [1.82, 2.24) is 14.5 Å². The minimum absolute atomic E-state index is 0.0144. The van der Waals surface area contributed by atoms with E-state index in [0.29, 0.717) is 32.5 Å². The van der Waals surface area contributed by atoms with E-state index in [0.717, 1.165) is 12.1 Å². The van der Waals surface area contributed by atoms with Crippen molar-refractivity contribution in [2.75, 3.05) is 33.4 Å². The van der Waals surface area contributed by atoms with Gasteiger partial charge in [-0.15, -0.1) is 0 Å². The van der Waals surface area contributed by atoms with E-state index in [4.69, 9.17) is 0 Å². The Labute approximate surface area is 144 Å². The number of benzene rings is 1. The van der Waals surface area contributed by atoms with E-state index in [9.17, 15) is 13.2 Å². The molecule has 7 heteroatoms. The minimum atomic E-state index is -3.14. The van der Waals surface area contributed by atoms with Crippen molar-refractivity contribution in [2.45, 2.75) is 25.9 Å². The van der Waals surface area contributed by atoms with Crippen LogP contribution in [0.2, 0.25) is 0 Å². The Balaban J connectivity index is 1.79. The molecule has 1 aliphatic heterocycles. The van der Waals surface area contributed by atoms with Crippen molar-refractivity contribution >= 4 is 15.9 Å². The second-order valence-corrected chi connectivity index (χ2v) is 8.69. The highest BCUT2D eigenvalue weighted by Crippen LogP contribution is 2.19. The molecule has 1 heterocycles. The molecule has 1 amide bonds. The first-order valence-corrected chi connectivity index (χ1v) is 10.1. The fraction of sp³-hybridized carbons (Fsp3) is 0.588. The number of nitrogens with zero attached hydrogens (tertiary/aromatic N) is 2. The number of piperidine rings is 1. The van der Waals surface area contributed by atoms with Gasteiger partial charge in [0.1, 0.15) is 0 Å². The first kappa shape index (κ1) is 18.9. The summed E-state index contributed by atoms with van der Waals surface area (Å²) in [5.74, 6) is -0.0865. The first-order chi connectivity index (χ1) is 11.3. The molecule has 0 spiro atoms. The van der Waals surface area contributed by atoms with E-state index in [-0.39, 0.29) is 11.8 Å². The molecular formula is C17H27N3O3S. The first-order valence-electron chi connectivity index (χ1n) is 8.21. The third kappa shape index (κ3) is 5.58. The summed E-state index contributed by atoms with van der Waals surface area (Å²) in [4.78, 5) is 14.4.